The number of carbonyl (C=O) groups excluding carboxylic acids is 1. The summed E-state index contributed by atoms with van der Waals surface area (Å²) in [5, 5.41) is 0. The quantitative estimate of drug-likeness (QED) is 0.412. The lowest BCUT2D eigenvalue weighted by atomic mass is 9.95. The van der Waals surface area contributed by atoms with Gasteiger partial charge in [-0.05, 0) is 91.3 Å². The van der Waals surface area contributed by atoms with Gasteiger partial charge in [-0.1, -0.05) is 42.5 Å². The number of benzene rings is 3. The van der Waals surface area contributed by atoms with Crippen molar-refractivity contribution >= 4 is 5.97 Å². The van der Waals surface area contributed by atoms with E-state index in [-0.39, 0.29) is 5.97 Å². The maximum atomic E-state index is 11.6. The summed E-state index contributed by atoms with van der Waals surface area (Å²) in [5.41, 5.74) is 8.48. The molecule has 30 heavy (non-hydrogen) atoms. The lowest BCUT2D eigenvalue weighted by molar-refractivity contribution is -0.143. The predicted molar refractivity (Wildman–Crippen MR) is 122 cm³/mol. The molecule has 0 aliphatic carbocycles. The maximum Gasteiger partial charge on any atom is 0.306 e. The molecule has 0 N–H and O–H groups in total. The Balaban J connectivity index is 1.66. The number of carbonyl (C=O) groups is 1. The van der Waals surface area contributed by atoms with Gasteiger partial charge < -0.3 is 9.47 Å². The molecule has 0 atom stereocenters. The van der Waals surface area contributed by atoms with E-state index < -0.39 is 0 Å². The zero-order valence-electron chi connectivity index (χ0n) is 18.3. The summed E-state index contributed by atoms with van der Waals surface area (Å²) in [7, 11) is 0. The van der Waals surface area contributed by atoms with Crippen LogP contribution in [0.4, 0.5) is 0 Å². The van der Waals surface area contributed by atoms with Crippen molar-refractivity contribution in [3.05, 3.63) is 88.5 Å². The van der Waals surface area contributed by atoms with Crippen LogP contribution in [0.1, 0.15) is 41.2 Å². The molecule has 0 aliphatic rings. The van der Waals surface area contributed by atoms with Crippen molar-refractivity contribution in [3.63, 3.8) is 0 Å². The third-order valence-electron chi connectivity index (χ3n) is 5.32. The third kappa shape index (κ3) is 5.50. The van der Waals surface area contributed by atoms with E-state index in [2.05, 4.69) is 63.2 Å². The normalized spacial score (nSPS) is 10.7. The molecule has 0 fully saturated rings. The second kappa shape index (κ2) is 10.1. The SMILES string of the molecule is CCOC(=O)CCc1ccc(OCc2cccc(-c3c(C)cccc3C)c2)cc1C. The molecule has 156 valence electrons. The largest absolute Gasteiger partial charge is 0.489 e. The molecule has 0 heterocycles. The van der Waals surface area contributed by atoms with Crippen LogP contribution in [0.3, 0.4) is 0 Å². The van der Waals surface area contributed by atoms with Gasteiger partial charge in [0.05, 0.1) is 6.61 Å². The van der Waals surface area contributed by atoms with Gasteiger partial charge in [-0.2, -0.15) is 0 Å². The number of ether oxygens (including phenoxy) is 2. The second-order valence-electron chi connectivity index (χ2n) is 7.65. The summed E-state index contributed by atoms with van der Waals surface area (Å²) in [4.78, 5) is 11.6. The van der Waals surface area contributed by atoms with Crippen LogP contribution in [0.15, 0.2) is 60.7 Å². The summed E-state index contributed by atoms with van der Waals surface area (Å²) < 4.78 is 11.1. The fraction of sp³-hybridized carbons (Fsp3) is 0.296. The minimum Gasteiger partial charge on any atom is -0.489 e. The smallest absolute Gasteiger partial charge is 0.306 e. The Labute approximate surface area is 179 Å². The van der Waals surface area contributed by atoms with E-state index in [1.165, 1.54) is 22.3 Å². The highest BCUT2D eigenvalue weighted by Crippen LogP contribution is 2.28. The van der Waals surface area contributed by atoms with Gasteiger partial charge in [-0.15, -0.1) is 0 Å². The lowest BCUT2D eigenvalue weighted by Crippen LogP contribution is -2.06. The molecular weight excluding hydrogens is 372 g/mol. The van der Waals surface area contributed by atoms with Crippen LogP contribution >= 0.6 is 0 Å². The highest BCUT2D eigenvalue weighted by Gasteiger charge is 2.08. The van der Waals surface area contributed by atoms with Crippen molar-refractivity contribution in [1.82, 2.24) is 0 Å². The summed E-state index contributed by atoms with van der Waals surface area (Å²) in [5.74, 6) is 0.686. The topological polar surface area (TPSA) is 35.5 Å². The van der Waals surface area contributed by atoms with Gasteiger partial charge in [-0.25, -0.2) is 0 Å². The molecule has 3 heteroatoms. The molecule has 0 radical (unpaired) electrons. The van der Waals surface area contributed by atoms with Crippen LogP contribution in [0, 0.1) is 20.8 Å². The summed E-state index contributed by atoms with van der Waals surface area (Å²) in [6.45, 7) is 9.12. The summed E-state index contributed by atoms with van der Waals surface area (Å²) in [6, 6.07) is 21.0. The van der Waals surface area contributed by atoms with E-state index in [1.54, 1.807) is 0 Å². The molecule has 0 amide bonds. The molecule has 3 rings (SSSR count). The first-order valence-corrected chi connectivity index (χ1v) is 10.5. The molecule has 0 unspecified atom stereocenters. The Kier molecular flexibility index (Phi) is 7.29. The van der Waals surface area contributed by atoms with Gasteiger partial charge in [-0.3, -0.25) is 4.79 Å². The predicted octanol–water partition coefficient (Wildman–Crippen LogP) is 6.35. The molecule has 0 saturated heterocycles. The van der Waals surface area contributed by atoms with Gasteiger partial charge >= 0.3 is 5.97 Å². The number of esters is 1. The van der Waals surface area contributed by atoms with Crippen molar-refractivity contribution in [2.75, 3.05) is 6.61 Å². The van der Waals surface area contributed by atoms with Gasteiger partial charge in [0.1, 0.15) is 12.4 Å². The standard InChI is InChI=1S/C27H30O3/c1-5-29-26(28)15-13-23-12-14-25(16-21(23)4)30-18-22-10-7-11-24(17-22)27-19(2)8-6-9-20(27)3/h6-12,14,16-17H,5,13,15,18H2,1-4H3. The van der Waals surface area contributed by atoms with Gasteiger partial charge in [0, 0.05) is 6.42 Å². The van der Waals surface area contributed by atoms with Crippen molar-refractivity contribution in [2.45, 2.75) is 47.1 Å². The maximum absolute atomic E-state index is 11.6. The average molecular weight is 403 g/mol. The molecule has 0 aromatic heterocycles. The van der Waals surface area contributed by atoms with Gasteiger partial charge in [0.2, 0.25) is 0 Å². The Bertz CT molecular complexity index is 1000. The Morgan fingerprint density at radius 3 is 2.30 bits per heavy atom. The van der Waals surface area contributed by atoms with Crippen molar-refractivity contribution in [2.24, 2.45) is 0 Å². The molecule has 0 saturated carbocycles. The number of hydrogen-bond acceptors (Lipinski definition) is 3. The van der Waals surface area contributed by atoms with E-state index in [4.69, 9.17) is 9.47 Å². The molecule has 3 nitrogen and oxygen atoms in total. The number of rotatable bonds is 8. The molecule has 0 spiro atoms. The third-order valence-corrected chi connectivity index (χ3v) is 5.32. The Morgan fingerprint density at radius 1 is 0.867 bits per heavy atom. The minimum atomic E-state index is -0.152. The van der Waals surface area contributed by atoms with Gasteiger partial charge in [0.15, 0.2) is 0 Å². The van der Waals surface area contributed by atoms with Crippen molar-refractivity contribution in [3.8, 4) is 16.9 Å². The van der Waals surface area contributed by atoms with Crippen LogP contribution in [-0.4, -0.2) is 12.6 Å². The highest BCUT2D eigenvalue weighted by molar-refractivity contribution is 5.71. The molecule has 0 aliphatic heterocycles. The first-order chi connectivity index (χ1) is 14.5. The lowest BCUT2D eigenvalue weighted by Gasteiger charge is -2.13. The van der Waals surface area contributed by atoms with E-state index in [0.717, 1.165) is 22.4 Å². The van der Waals surface area contributed by atoms with Crippen molar-refractivity contribution < 1.29 is 14.3 Å². The first-order valence-electron chi connectivity index (χ1n) is 10.5. The van der Waals surface area contributed by atoms with Crippen LogP contribution in [-0.2, 0) is 22.6 Å². The second-order valence-corrected chi connectivity index (χ2v) is 7.65. The fourth-order valence-corrected chi connectivity index (χ4v) is 3.76. The van der Waals surface area contributed by atoms with E-state index in [9.17, 15) is 4.79 Å². The van der Waals surface area contributed by atoms with Crippen LogP contribution in [0.5, 0.6) is 5.75 Å². The molecule has 3 aromatic carbocycles. The zero-order valence-corrected chi connectivity index (χ0v) is 18.3. The fourth-order valence-electron chi connectivity index (χ4n) is 3.76. The van der Waals surface area contributed by atoms with E-state index in [1.807, 2.05) is 25.1 Å². The Hall–Kier alpha value is -3.07. The summed E-state index contributed by atoms with van der Waals surface area (Å²) in [6.07, 6.45) is 1.09. The summed E-state index contributed by atoms with van der Waals surface area (Å²) >= 11 is 0. The molecule has 3 aromatic rings. The average Bonchev–Trinajstić information content (AvgIpc) is 2.72. The van der Waals surface area contributed by atoms with Crippen LogP contribution in [0.2, 0.25) is 0 Å². The number of hydrogen-bond donors (Lipinski definition) is 0. The zero-order chi connectivity index (χ0) is 21.5. The Morgan fingerprint density at radius 2 is 1.60 bits per heavy atom. The van der Waals surface area contributed by atoms with Crippen LogP contribution in [0.25, 0.3) is 11.1 Å². The first kappa shape index (κ1) is 21.6. The van der Waals surface area contributed by atoms with Crippen molar-refractivity contribution in [1.29, 1.82) is 0 Å². The minimum absolute atomic E-state index is 0.152. The monoisotopic (exact) mass is 402 g/mol. The van der Waals surface area contributed by atoms with E-state index >= 15 is 0 Å². The number of aryl methyl sites for hydroxylation is 4. The molecule has 0 bridgehead atoms. The molecular formula is C27H30O3. The van der Waals surface area contributed by atoms with Crippen LogP contribution < -0.4 is 4.74 Å². The van der Waals surface area contributed by atoms with Gasteiger partial charge in [0.25, 0.3) is 0 Å². The highest BCUT2D eigenvalue weighted by atomic mass is 16.5. The van der Waals surface area contributed by atoms with E-state index in [0.29, 0.717) is 26.1 Å².